The second kappa shape index (κ2) is 7.73. The molecule has 0 radical (unpaired) electrons. The predicted octanol–water partition coefficient (Wildman–Crippen LogP) is 2.99. The maximum absolute atomic E-state index is 12.6. The molecule has 0 unspecified atom stereocenters. The summed E-state index contributed by atoms with van der Waals surface area (Å²) in [5.41, 5.74) is 0.120. The van der Waals surface area contributed by atoms with Crippen molar-refractivity contribution in [3.8, 4) is 0 Å². The summed E-state index contributed by atoms with van der Waals surface area (Å²) >= 11 is 0.717. The summed E-state index contributed by atoms with van der Waals surface area (Å²) in [5.74, 6) is -1.28. The van der Waals surface area contributed by atoms with Crippen LogP contribution in [0.1, 0.15) is 21.9 Å². The van der Waals surface area contributed by atoms with Crippen molar-refractivity contribution in [1.29, 1.82) is 0 Å². The SMILES string of the molecule is Cc1ccc(/C=C2\SC(=O)N(CC(=O)N(C)c3ccccc3C(=O)O)C2=O)o1. The first-order chi connectivity index (χ1) is 13.3. The molecule has 1 saturated heterocycles. The van der Waals surface area contributed by atoms with Crippen molar-refractivity contribution in [1.82, 2.24) is 4.90 Å². The van der Waals surface area contributed by atoms with Crippen molar-refractivity contribution in [3.05, 3.63) is 58.4 Å². The average Bonchev–Trinajstić information content (AvgIpc) is 3.19. The number of aryl methyl sites for hydroxylation is 1. The van der Waals surface area contributed by atoms with Crippen molar-refractivity contribution >= 4 is 46.5 Å². The van der Waals surface area contributed by atoms with E-state index in [1.54, 1.807) is 31.2 Å². The topological polar surface area (TPSA) is 108 Å². The quantitative estimate of drug-likeness (QED) is 0.769. The molecule has 1 aliphatic heterocycles. The van der Waals surface area contributed by atoms with Crippen molar-refractivity contribution in [3.63, 3.8) is 0 Å². The second-order valence-corrected chi connectivity index (χ2v) is 6.98. The molecule has 3 rings (SSSR count). The Morgan fingerprint density at radius 2 is 1.93 bits per heavy atom. The number of hydrogen-bond donors (Lipinski definition) is 1. The first kappa shape index (κ1) is 19.4. The molecule has 1 N–H and O–H groups in total. The van der Waals surface area contributed by atoms with E-state index in [1.807, 2.05) is 0 Å². The number of rotatable bonds is 5. The molecule has 1 fully saturated rings. The fourth-order valence-corrected chi connectivity index (χ4v) is 3.44. The normalized spacial score (nSPS) is 15.4. The molecule has 2 heterocycles. The summed E-state index contributed by atoms with van der Waals surface area (Å²) < 4.78 is 5.37. The minimum Gasteiger partial charge on any atom is -0.478 e. The van der Waals surface area contributed by atoms with Gasteiger partial charge in [-0.1, -0.05) is 12.1 Å². The zero-order chi connectivity index (χ0) is 20.4. The largest absolute Gasteiger partial charge is 0.478 e. The van der Waals surface area contributed by atoms with Crippen molar-refractivity contribution in [2.45, 2.75) is 6.92 Å². The minimum atomic E-state index is -1.18. The van der Waals surface area contributed by atoms with Crippen LogP contribution >= 0.6 is 11.8 Å². The van der Waals surface area contributed by atoms with Gasteiger partial charge in [-0.3, -0.25) is 19.3 Å². The van der Waals surface area contributed by atoms with E-state index in [1.165, 1.54) is 25.3 Å². The van der Waals surface area contributed by atoms with Gasteiger partial charge in [0, 0.05) is 13.1 Å². The average molecular weight is 400 g/mol. The molecule has 3 amide bonds. The fraction of sp³-hybridized carbons (Fsp3) is 0.158. The lowest BCUT2D eigenvalue weighted by Gasteiger charge is -2.21. The van der Waals surface area contributed by atoms with Crippen LogP contribution in [0.25, 0.3) is 6.08 Å². The van der Waals surface area contributed by atoms with Gasteiger partial charge in [-0.25, -0.2) is 4.79 Å². The molecule has 0 spiro atoms. The smallest absolute Gasteiger partial charge is 0.337 e. The Kier molecular flexibility index (Phi) is 5.36. The van der Waals surface area contributed by atoms with Gasteiger partial charge < -0.3 is 14.4 Å². The number of carbonyl (C=O) groups is 4. The number of carbonyl (C=O) groups excluding carboxylic acids is 3. The predicted molar refractivity (Wildman–Crippen MR) is 103 cm³/mol. The lowest BCUT2D eigenvalue weighted by molar-refractivity contribution is -0.128. The molecular formula is C19H16N2O6S. The number of thioether (sulfide) groups is 1. The van der Waals surface area contributed by atoms with Crippen LogP contribution in [0.3, 0.4) is 0 Å². The number of amides is 3. The van der Waals surface area contributed by atoms with E-state index in [0.29, 0.717) is 11.5 Å². The number of nitrogens with zero attached hydrogens (tertiary/aromatic N) is 2. The third kappa shape index (κ3) is 3.84. The third-order valence-electron chi connectivity index (χ3n) is 4.07. The summed E-state index contributed by atoms with van der Waals surface area (Å²) in [6, 6.07) is 9.39. The van der Waals surface area contributed by atoms with Crippen LogP contribution in [0.4, 0.5) is 10.5 Å². The first-order valence-electron chi connectivity index (χ1n) is 8.18. The Morgan fingerprint density at radius 3 is 2.57 bits per heavy atom. The number of benzene rings is 1. The van der Waals surface area contributed by atoms with Gasteiger partial charge in [-0.2, -0.15) is 0 Å². The Bertz CT molecular complexity index is 1010. The minimum absolute atomic E-state index is 0.0550. The number of imide groups is 1. The number of para-hydroxylation sites is 1. The van der Waals surface area contributed by atoms with Crippen LogP contribution < -0.4 is 4.90 Å². The molecule has 0 saturated carbocycles. The summed E-state index contributed by atoms with van der Waals surface area (Å²) in [6.07, 6.45) is 1.45. The van der Waals surface area contributed by atoms with Crippen molar-refractivity contribution < 1.29 is 28.7 Å². The van der Waals surface area contributed by atoms with Crippen molar-refractivity contribution in [2.75, 3.05) is 18.5 Å². The van der Waals surface area contributed by atoms with Gasteiger partial charge in [0.15, 0.2) is 0 Å². The Morgan fingerprint density at radius 1 is 1.21 bits per heavy atom. The Labute approximate surface area is 164 Å². The highest BCUT2D eigenvalue weighted by Crippen LogP contribution is 2.32. The number of carboxylic acid groups (broad SMARTS) is 1. The van der Waals surface area contributed by atoms with Crippen molar-refractivity contribution in [2.24, 2.45) is 0 Å². The van der Waals surface area contributed by atoms with Gasteiger partial charge in [-0.05, 0) is 43.0 Å². The highest BCUT2D eigenvalue weighted by atomic mass is 32.2. The number of likely N-dealkylation sites (N-methyl/N-ethyl adjacent to an activating group) is 1. The first-order valence-corrected chi connectivity index (χ1v) is 9.00. The summed E-state index contributed by atoms with van der Waals surface area (Å²) in [7, 11) is 1.39. The molecule has 1 aromatic carbocycles. The van der Waals surface area contributed by atoms with Gasteiger partial charge in [0.2, 0.25) is 5.91 Å². The molecule has 28 heavy (non-hydrogen) atoms. The van der Waals surface area contributed by atoms with Crippen LogP contribution in [-0.4, -0.2) is 46.6 Å². The van der Waals surface area contributed by atoms with Crippen LogP contribution in [-0.2, 0) is 9.59 Å². The van der Waals surface area contributed by atoms with E-state index in [4.69, 9.17) is 4.42 Å². The maximum atomic E-state index is 12.6. The van der Waals surface area contributed by atoms with Gasteiger partial charge >= 0.3 is 5.97 Å². The van der Waals surface area contributed by atoms with E-state index in [0.717, 1.165) is 21.6 Å². The van der Waals surface area contributed by atoms with E-state index in [-0.39, 0.29) is 16.2 Å². The fourth-order valence-electron chi connectivity index (χ4n) is 2.62. The van der Waals surface area contributed by atoms with Crippen LogP contribution in [0.15, 0.2) is 45.7 Å². The van der Waals surface area contributed by atoms with E-state index >= 15 is 0 Å². The van der Waals surface area contributed by atoms with Gasteiger partial charge in [0.25, 0.3) is 11.1 Å². The summed E-state index contributed by atoms with van der Waals surface area (Å²) in [5, 5.41) is 8.69. The summed E-state index contributed by atoms with van der Waals surface area (Å²) in [4.78, 5) is 50.7. The number of carboxylic acids is 1. The second-order valence-electron chi connectivity index (χ2n) is 5.99. The van der Waals surface area contributed by atoms with E-state index in [9.17, 15) is 24.3 Å². The lowest BCUT2D eigenvalue weighted by Crippen LogP contribution is -2.41. The standard InChI is InChI=1S/C19H16N2O6S/c1-11-7-8-12(27-11)9-15-17(23)21(19(26)28-15)10-16(22)20(2)14-6-4-3-5-13(14)18(24)25/h3-9H,10H2,1-2H3,(H,24,25)/b15-9-. The van der Waals surface area contributed by atoms with Crippen LogP contribution in [0.2, 0.25) is 0 Å². The lowest BCUT2D eigenvalue weighted by atomic mass is 10.1. The molecule has 8 nitrogen and oxygen atoms in total. The molecular weight excluding hydrogens is 384 g/mol. The molecule has 1 aliphatic rings. The zero-order valence-electron chi connectivity index (χ0n) is 15.0. The maximum Gasteiger partial charge on any atom is 0.337 e. The van der Waals surface area contributed by atoms with Gasteiger partial charge in [0.1, 0.15) is 18.1 Å². The summed E-state index contributed by atoms with van der Waals surface area (Å²) in [6.45, 7) is 1.26. The molecule has 0 aliphatic carbocycles. The molecule has 0 bridgehead atoms. The number of aromatic carboxylic acids is 1. The van der Waals surface area contributed by atoms with Gasteiger partial charge in [-0.15, -0.1) is 0 Å². The molecule has 144 valence electrons. The molecule has 1 aromatic heterocycles. The third-order valence-corrected chi connectivity index (χ3v) is 4.98. The number of anilines is 1. The van der Waals surface area contributed by atoms with E-state index < -0.39 is 29.6 Å². The monoisotopic (exact) mass is 400 g/mol. The Hall–Kier alpha value is -3.33. The highest BCUT2D eigenvalue weighted by molar-refractivity contribution is 8.18. The van der Waals surface area contributed by atoms with Crippen LogP contribution in [0, 0.1) is 6.92 Å². The highest BCUT2D eigenvalue weighted by Gasteiger charge is 2.37. The molecule has 9 heteroatoms. The number of hydrogen-bond acceptors (Lipinski definition) is 6. The van der Waals surface area contributed by atoms with Crippen LogP contribution in [0.5, 0.6) is 0 Å². The Balaban J connectivity index is 1.77. The van der Waals surface area contributed by atoms with Gasteiger partial charge in [0.05, 0.1) is 16.2 Å². The molecule has 0 atom stereocenters. The zero-order valence-corrected chi connectivity index (χ0v) is 15.9. The molecule has 2 aromatic rings. The number of furan rings is 1. The van der Waals surface area contributed by atoms with E-state index in [2.05, 4.69) is 0 Å².